The zero-order chi connectivity index (χ0) is 16.6. The number of carbonyl (C=O) groups is 1. The van der Waals surface area contributed by atoms with E-state index in [1.807, 2.05) is 30.3 Å². The molecule has 2 aromatic rings. The fourth-order valence-electron chi connectivity index (χ4n) is 2.69. The van der Waals surface area contributed by atoms with E-state index in [-0.39, 0.29) is 10.8 Å². The van der Waals surface area contributed by atoms with Crippen LogP contribution in [0.1, 0.15) is 11.1 Å². The Morgan fingerprint density at radius 3 is 2.13 bits per heavy atom. The topological polar surface area (TPSA) is 80.5 Å². The molecule has 1 aliphatic rings. The molecule has 118 valence electrons. The van der Waals surface area contributed by atoms with Crippen LogP contribution in [-0.4, -0.2) is 32.8 Å². The number of nitrogens with two attached hydrogens (primary N) is 1. The van der Waals surface area contributed by atoms with E-state index in [1.54, 1.807) is 24.1 Å². The highest BCUT2D eigenvalue weighted by atomic mass is 32.2. The summed E-state index contributed by atoms with van der Waals surface area (Å²) in [5.74, 6) is -0.0767. The lowest BCUT2D eigenvalue weighted by atomic mass is 9.97. The molecule has 3 rings (SSSR count). The first-order chi connectivity index (χ1) is 10.9. The third kappa shape index (κ3) is 2.91. The van der Waals surface area contributed by atoms with E-state index in [9.17, 15) is 13.2 Å². The van der Waals surface area contributed by atoms with Crippen LogP contribution in [0.3, 0.4) is 0 Å². The van der Waals surface area contributed by atoms with E-state index in [0.717, 1.165) is 11.1 Å². The van der Waals surface area contributed by atoms with Crippen molar-refractivity contribution in [2.75, 3.05) is 13.6 Å². The Hall–Kier alpha value is -2.44. The van der Waals surface area contributed by atoms with E-state index < -0.39 is 10.0 Å². The molecule has 1 amide bonds. The van der Waals surface area contributed by atoms with Gasteiger partial charge in [0.2, 0.25) is 10.0 Å². The van der Waals surface area contributed by atoms with Crippen LogP contribution in [0.4, 0.5) is 0 Å². The third-order valence-corrected chi connectivity index (χ3v) is 4.78. The van der Waals surface area contributed by atoms with Gasteiger partial charge >= 0.3 is 0 Å². The smallest absolute Gasteiger partial charge is 0.254 e. The van der Waals surface area contributed by atoms with Gasteiger partial charge in [0.25, 0.3) is 5.91 Å². The number of hydrogen-bond donors (Lipinski definition) is 1. The summed E-state index contributed by atoms with van der Waals surface area (Å²) >= 11 is 0. The normalized spacial score (nSPS) is 15.4. The molecule has 1 aliphatic heterocycles. The summed E-state index contributed by atoms with van der Waals surface area (Å²) in [6, 6.07) is 15.8. The lowest BCUT2D eigenvalue weighted by Gasteiger charge is -2.08. The molecule has 2 N–H and O–H groups in total. The lowest BCUT2D eigenvalue weighted by molar-refractivity contribution is -0.122. The van der Waals surface area contributed by atoms with Crippen molar-refractivity contribution in [3.63, 3.8) is 0 Å². The fraction of sp³-hybridized carbons (Fsp3) is 0.118. The van der Waals surface area contributed by atoms with Crippen LogP contribution in [-0.2, 0) is 14.8 Å². The Morgan fingerprint density at radius 1 is 0.957 bits per heavy atom. The Morgan fingerprint density at radius 2 is 1.57 bits per heavy atom. The Labute approximate surface area is 135 Å². The summed E-state index contributed by atoms with van der Waals surface area (Å²) in [6.45, 7) is 0.523. The Bertz CT molecular complexity index is 885. The number of benzene rings is 2. The molecular weight excluding hydrogens is 312 g/mol. The van der Waals surface area contributed by atoms with Crippen molar-refractivity contribution >= 4 is 27.1 Å². The van der Waals surface area contributed by atoms with Crippen molar-refractivity contribution in [2.24, 2.45) is 5.14 Å². The van der Waals surface area contributed by atoms with Crippen LogP contribution in [0, 0.1) is 0 Å². The van der Waals surface area contributed by atoms with Gasteiger partial charge in [0, 0.05) is 13.6 Å². The number of hydrogen-bond acceptors (Lipinski definition) is 3. The van der Waals surface area contributed by atoms with Crippen LogP contribution in [0.2, 0.25) is 0 Å². The molecule has 0 saturated heterocycles. The highest BCUT2D eigenvalue weighted by Crippen LogP contribution is 2.33. The Balaban J connectivity index is 2.12. The molecule has 2 aromatic carbocycles. The molecule has 0 spiro atoms. The average Bonchev–Trinajstić information content (AvgIpc) is 2.83. The summed E-state index contributed by atoms with van der Waals surface area (Å²) in [4.78, 5) is 14.2. The van der Waals surface area contributed by atoms with E-state index in [0.29, 0.717) is 17.7 Å². The molecule has 0 atom stereocenters. The molecule has 0 unspecified atom stereocenters. The number of sulfonamides is 1. The van der Waals surface area contributed by atoms with Gasteiger partial charge in [0.15, 0.2) is 0 Å². The van der Waals surface area contributed by atoms with Crippen molar-refractivity contribution in [1.29, 1.82) is 0 Å². The molecule has 0 bridgehead atoms. The molecule has 0 saturated carbocycles. The first-order valence-corrected chi connectivity index (χ1v) is 8.60. The van der Waals surface area contributed by atoms with Gasteiger partial charge in [-0.2, -0.15) is 0 Å². The number of likely N-dealkylation sites (N-methyl/N-ethyl adjacent to an activating group) is 1. The summed E-state index contributed by atoms with van der Waals surface area (Å²) in [6.07, 6.45) is 0. The van der Waals surface area contributed by atoms with Gasteiger partial charge in [-0.25, -0.2) is 13.6 Å². The lowest BCUT2D eigenvalue weighted by Crippen LogP contribution is -2.21. The maximum absolute atomic E-state index is 12.5. The van der Waals surface area contributed by atoms with E-state index in [4.69, 9.17) is 5.14 Å². The standard InChI is InChI=1S/C17H16N2O3S/c1-19-11-15(12-5-3-2-4-6-12)16(17(19)20)13-7-9-14(10-8-13)23(18,21)22/h2-10H,11H2,1H3,(H2,18,21,22). The van der Waals surface area contributed by atoms with Gasteiger partial charge in [0.05, 0.1) is 10.5 Å². The second-order valence-corrected chi connectivity index (χ2v) is 7.01. The number of amides is 1. The van der Waals surface area contributed by atoms with Crippen LogP contribution in [0.25, 0.3) is 11.1 Å². The third-order valence-electron chi connectivity index (χ3n) is 3.85. The molecule has 0 aliphatic carbocycles. The predicted molar refractivity (Wildman–Crippen MR) is 88.7 cm³/mol. The molecule has 1 heterocycles. The average molecular weight is 328 g/mol. The SMILES string of the molecule is CN1CC(c2ccccc2)=C(c2ccc(S(N)(=O)=O)cc2)C1=O. The maximum Gasteiger partial charge on any atom is 0.254 e. The highest BCUT2D eigenvalue weighted by Gasteiger charge is 2.29. The molecule has 5 nitrogen and oxygen atoms in total. The quantitative estimate of drug-likeness (QED) is 0.931. The summed E-state index contributed by atoms with van der Waals surface area (Å²) in [7, 11) is -2.00. The molecule has 0 aromatic heterocycles. The zero-order valence-electron chi connectivity index (χ0n) is 12.6. The number of primary sulfonamides is 1. The molecule has 6 heteroatoms. The van der Waals surface area contributed by atoms with Gasteiger partial charge in [-0.1, -0.05) is 42.5 Å². The Kier molecular flexibility index (Phi) is 3.79. The number of nitrogens with zero attached hydrogens (tertiary/aromatic N) is 1. The molecule has 23 heavy (non-hydrogen) atoms. The van der Waals surface area contributed by atoms with Gasteiger partial charge in [0.1, 0.15) is 0 Å². The monoisotopic (exact) mass is 328 g/mol. The van der Waals surface area contributed by atoms with Crippen molar-refractivity contribution in [3.8, 4) is 0 Å². The molecular formula is C17H16N2O3S. The highest BCUT2D eigenvalue weighted by molar-refractivity contribution is 7.89. The van der Waals surface area contributed by atoms with Crippen LogP contribution in [0.15, 0.2) is 59.5 Å². The van der Waals surface area contributed by atoms with E-state index >= 15 is 0 Å². The second kappa shape index (κ2) is 5.64. The van der Waals surface area contributed by atoms with Crippen molar-refractivity contribution in [1.82, 2.24) is 4.90 Å². The summed E-state index contributed by atoms with van der Waals surface area (Å²) in [5, 5.41) is 5.11. The zero-order valence-corrected chi connectivity index (χ0v) is 13.4. The van der Waals surface area contributed by atoms with Crippen molar-refractivity contribution < 1.29 is 13.2 Å². The van der Waals surface area contributed by atoms with Crippen LogP contribution < -0.4 is 5.14 Å². The summed E-state index contributed by atoms with van der Waals surface area (Å²) < 4.78 is 22.7. The minimum Gasteiger partial charge on any atom is -0.337 e. The van der Waals surface area contributed by atoms with Gasteiger partial charge in [-0.15, -0.1) is 0 Å². The maximum atomic E-state index is 12.5. The van der Waals surface area contributed by atoms with Gasteiger partial charge < -0.3 is 4.90 Å². The summed E-state index contributed by atoms with van der Waals surface area (Å²) in [5.41, 5.74) is 3.20. The molecule has 0 fully saturated rings. The number of carbonyl (C=O) groups excluding carboxylic acids is 1. The van der Waals surface area contributed by atoms with Gasteiger partial charge in [-0.3, -0.25) is 4.79 Å². The van der Waals surface area contributed by atoms with E-state index in [2.05, 4.69) is 0 Å². The minimum atomic E-state index is -3.74. The first kappa shape index (κ1) is 15.5. The van der Waals surface area contributed by atoms with E-state index in [1.165, 1.54) is 12.1 Å². The van der Waals surface area contributed by atoms with Crippen molar-refractivity contribution in [2.45, 2.75) is 4.90 Å². The minimum absolute atomic E-state index is 0.0295. The second-order valence-electron chi connectivity index (χ2n) is 5.45. The largest absolute Gasteiger partial charge is 0.337 e. The predicted octanol–water partition coefficient (Wildman–Crippen LogP) is 1.72. The van der Waals surface area contributed by atoms with Crippen LogP contribution >= 0.6 is 0 Å². The molecule has 0 radical (unpaired) electrons. The first-order valence-electron chi connectivity index (χ1n) is 7.05. The van der Waals surface area contributed by atoms with Crippen LogP contribution in [0.5, 0.6) is 0 Å². The van der Waals surface area contributed by atoms with Gasteiger partial charge in [-0.05, 0) is 28.8 Å². The van der Waals surface area contributed by atoms with Crippen molar-refractivity contribution in [3.05, 3.63) is 65.7 Å². The number of rotatable bonds is 3. The fourth-order valence-corrected chi connectivity index (χ4v) is 3.21.